The van der Waals surface area contributed by atoms with Crippen molar-refractivity contribution in [2.75, 3.05) is 0 Å². The lowest BCUT2D eigenvalue weighted by atomic mass is 9.47. The number of hydrogen-bond donors (Lipinski definition) is 3. The van der Waals surface area contributed by atoms with E-state index in [1.54, 1.807) is 13.8 Å². The summed E-state index contributed by atoms with van der Waals surface area (Å²) in [5.74, 6) is 0.0981. The molecule has 0 bridgehead atoms. The largest absolute Gasteiger partial charge is 0.429 e. The van der Waals surface area contributed by atoms with Gasteiger partial charge in [0.05, 0.1) is 11.7 Å². The highest BCUT2D eigenvalue weighted by Crippen LogP contribution is 2.71. The van der Waals surface area contributed by atoms with Crippen LogP contribution < -0.4 is 0 Å². The van der Waals surface area contributed by atoms with Crippen molar-refractivity contribution in [2.45, 2.75) is 141 Å². The summed E-state index contributed by atoms with van der Waals surface area (Å²) in [6.45, 7) is 13.3. The van der Waals surface area contributed by atoms with E-state index in [9.17, 15) is 46.1 Å². The van der Waals surface area contributed by atoms with Crippen molar-refractivity contribution in [3.05, 3.63) is 47.6 Å². The fourth-order valence-electron chi connectivity index (χ4n) is 8.28. The molecule has 252 valence electrons. The van der Waals surface area contributed by atoms with Gasteiger partial charge in [0.15, 0.2) is 0 Å². The molecule has 0 spiro atoms. The molecule has 2 unspecified atom stereocenters. The molecule has 3 aliphatic carbocycles. The Morgan fingerprint density at radius 1 is 0.955 bits per heavy atom. The van der Waals surface area contributed by atoms with Gasteiger partial charge in [-0.1, -0.05) is 57.6 Å². The molecule has 3 N–H and O–H groups in total. The minimum absolute atomic E-state index is 0.0234. The third-order valence-electron chi connectivity index (χ3n) is 11.4. The van der Waals surface area contributed by atoms with Crippen LogP contribution in [0.3, 0.4) is 0 Å². The second-order valence-electron chi connectivity index (χ2n) is 14.8. The quantitative estimate of drug-likeness (QED) is 0.174. The Morgan fingerprint density at radius 2 is 1.57 bits per heavy atom. The zero-order valence-corrected chi connectivity index (χ0v) is 26.5. The van der Waals surface area contributed by atoms with Crippen molar-refractivity contribution < 1.29 is 46.1 Å². The molecule has 0 aromatic carbocycles. The molecule has 3 fully saturated rings. The van der Waals surface area contributed by atoms with Gasteiger partial charge in [-0.05, 0) is 111 Å². The van der Waals surface area contributed by atoms with Crippen LogP contribution in [0.25, 0.3) is 0 Å². The van der Waals surface area contributed by atoms with Gasteiger partial charge in [-0.2, -0.15) is 26.3 Å². The molecule has 0 aliphatic heterocycles. The molecule has 10 heteroatoms. The zero-order valence-electron chi connectivity index (χ0n) is 26.5. The number of aliphatic hydroxyl groups excluding tert-OH is 1. The van der Waals surface area contributed by atoms with Crippen LogP contribution in [-0.2, 0) is 0 Å². The van der Waals surface area contributed by atoms with E-state index in [1.165, 1.54) is 0 Å². The molecule has 0 aromatic heterocycles. The van der Waals surface area contributed by atoms with Crippen molar-refractivity contribution in [1.82, 2.24) is 0 Å². The lowest BCUT2D eigenvalue weighted by Crippen LogP contribution is -2.55. The van der Waals surface area contributed by atoms with Gasteiger partial charge in [0.1, 0.15) is 6.17 Å². The summed E-state index contributed by atoms with van der Waals surface area (Å²) in [4.78, 5) is 0. The normalized spacial score (nSPS) is 34.2. The van der Waals surface area contributed by atoms with E-state index in [-0.39, 0.29) is 30.3 Å². The van der Waals surface area contributed by atoms with Crippen LogP contribution in [-0.4, -0.2) is 51.1 Å². The van der Waals surface area contributed by atoms with Crippen molar-refractivity contribution in [1.29, 1.82) is 0 Å². The maximum absolute atomic E-state index is 14.4. The van der Waals surface area contributed by atoms with E-state index in [0.717, 1.165) is 37.3 Å². The van der Waals surface area contributed by atoms with Crippen LogP contribution >= 0.6 is 0 Å². The number of fused-ring (bicyclic) bond motifs is 1. The minimum Gasteiger partial charge on any atom is -0.393 e. The Morgan fingerprint density at radius 3 is 2.14 bits per heavy atom. The van der Waals surface area contributed by atoms with Crippen molar-refractivity contribution >= 4 is 0 Å². The summed E-state index contributed by atoms with van der Waals surface area (Å²) in [6.07, 6.45) is -3.91. The molecule has 0 aromatic rings. The molecule has 3 saturated carbocycles. The third-order valence-corrected chi connectivity index (χ3v) is 11.4. The molecule has 0 radical (unpaired) electrons. The molecule has 6 atom stereocenters. The molecule has 3 aliphatic rings. The van der Waals surface area contributed by atoms with E-state index >= 15 is 0 Å². The Hall–Kier alpha value is -1.65. The van der Waals surface area contributed by atoms with Gasteiger partial charge in [-0.15, -0.1) is 0 Å². The Labute approximate surface area is 257 Å². The van der Waals surface area contributed by atoms with Crippen molar-refractivity contribution in [2.24, 2.45) is 22.2 Å². The van der Waals surface area contributed by atoms with Crippen LogP contribution in [0.4, 0.5) is 30.7 Å². The average Bonchev–Trinajstić information content (AvgIpc) is 3.15. The number of alkyl halides is 7. The van der Waals surface area contributed by atoms with Gasteiger partial charge in [-0.25, -0.2) is 4.39 Å². The number of rotatable bonds is 9. The summed E-state index contributed by atoms with van der Waals surface area (Å²) in [6, 6.07) is 0. The van der Waals surface area contributed by atoms with Crippen LogP contribution in [0.15, 0.2) is 47.6 Å². The summed E-state index contributed by atoms with van der Waals surface area (Å²) in [5.41, 5.74) is -5.37. The van der Waals surface area contributed by atoms with Gasteiger partial charge in [0.2, 0.25) is 0 Å². The highest BCUT2D eigenvalue weighted by molar-refractivity contribution is 5.39. The number of allylic oxidation sites excluding steroid dienone is 5. The van der Waals surface area contributed by atoms with Gasteiger partial charge >= 0.3 is 12.4 Å². The van der Waals surface area contributed by atoms with Crippen LogP contribution in [0, 0.1) is 22.2 Å². The summed E-state index contributed by atoms with van der Waals surface area (Å²) < 4.78 is 94.9. The van der Waals surface area contributed by atoms with Gasteiger partial charge < -0.3 is 15.3 Å². The fraction of sp³-hybridized carbons (Fsp3) is 0.765. The highest BCUT2D eigenvalue weighted by atomic mass is 19.4. The van der Waals surface area contributed by atoms with Crippen molar-refractivity contribution in [3.8, 4) is 0 Å². The first-order chi connectivity index (χ1) is 19.9. The summed E-state index contributed by atoms with van der Waals surface area (Å²) in [7, 11) is 0. The second kappa shape index (κ2) is 12.5. The Balaban J connectivity index is 2.00. The highest BCUT2D eigenvalue weighted by Gasteiger charge is 2.69. The summed E-state index contributed by atoms with van der Waals surface area (Å²) >= 11 is 0. The first-order valence-corrected chi connectivity index (χ1v) is 15.6. The first kappa shape index (κ1) is 36.8. The van der Waals surface area contributed by atoms with Gasteiger partial charge in [0.25, 0.3) is 5.60 Å². The molecule has 3 rings (SSSR count). The predicted octanol–water partition coefficient (Wildman–Crippen LogP) is 9.24. The molecular formula is C34H49F7O3. The molecule has 0 saturated heterocycles. The van der Waals surface area contributed by atoms with Crippen molar-refractivity contribution in [3.63, 3.8) is 0 Å². The van der Waals surface area contributed by atoms with E-state index in [1.807, 2.05) is 19.1 Å². The van der Waals surface area contributed by atoms with Crippen LogP contribution in [0.2, 0.25) is 0 Å². The van der Waals surface area contributed by atoms with E-state index < -0.39 is 46.7 Å². The lowest BCUT2D eigenvalue weighted by molar-refractivity contribution is -0.347. The van der Waals surface area contributed by atoms with Crippen LogP contribution in [0.5, 0.6) is 0 Å². The molecular weight excluding hydrogens is 589 g/mol. The number of hydrogen-bond acceptors (Lipinski definition) is 3. The Bertz CT molecular complexity index is 1130. The minimum atomic E-state index is -5.94. The number of halogens is 7. The Kier molecular flexibility index (Phi) is 10.5. The molecule has 3 nitrogen and oxygen atoms in total. The van der Waals surface area contributed by atoms with E-state index in [2.05, 4.69) is 20.4 Å². The van der Waals surface area contributed by atoms with E-state index in [4.69, 9.17) is 0 Å². The first-order valence-electron chi connectivity index (χ1n) is 15.6. The third kappa shape index (κ3) is 7.02. The fourth-order valence-corrected chi connectivity index (χ4v) is 8.28. The molecule has 44 heavy (non-hydrogen) atoms. The second-order valence-corrected chi connectivity index (χ2v) is 14.8. The predicted molar refractivity (Wildman–Crippen MR) is 157 cm³/mol. The molecule has 0 heterocycles. The smallest absolute Gasteiger partial charge is 0.393 e. The van der Waals surface area contributed by atoms with Gasteiger partial charge in [0, 0.05) is 6.42 Å². The van der Waals surface area contributed by atoms with Crippen LogP contribution in [0.1, 0.15) is 105 Å². The van der Waals surface area contributed by atoms with E-state index in [0.29, 0.717) is 43.3 Å². The zero-order chi connectivity index (χ0) is 33.6. The maximum Gasteiger partial charge on any atom is 0.429 e. The topological polar surface area (TPSA) is 60.7 Å². The standard InChI is InChI=1S/C34H49F7O3/c1-22-24(20-25(42)21-27(22)35)12-11-23-10-7-17-30(5)26(23)13-19-31(30,6)29(4,15-8-14-28(2,3)43)16-9-18-32(44,33(36,37)38)34(39,40)41/h9,11-12,18,25-27,42-44H,1,7-8,10,13-17,19-21H2,2-6H3/b18-9-,23-11+,24-12-/t25-,26?,27?,29-,30+,31-/m1/s1. The monoisotopic (exact) mass is 638 g/mol. The summed E-state index contributed by atoms with van der Waals surface area (Å²) in [5, 5.41) is 30.2. The molecule has 0 amide bonds. The number of aliphatic hydroxyl groups is 3. The average molecular weight is 639 g/mol. The SMILES string of the molecule is C=C1/C(=C\C=C2/CCC[C@@]3(C)C2CC[C@]3(C)[C@@](C)(C/C=C\C(O)(C(F)(F)F)C(F)(F)F)CCCC(C)(C)O)C[C@@H](O)CC1F. The van der Waals surface area contributed by atoms with Gasteiger partial charge in [-0.3, -0.25) is 0 Å². The maximum atomic E-state index is 14.4. The lowest BCUT2D eigenvalue weighted by Gasteiger charge is -2.57.